The normalized spacial score (nSPS) is 12.9. The zero-order valence-corrected chi connectivity index (χ0v) is 21.8. The van der Waals surface area contributed by atoms with Gasteiger partial charge < -0.3 is 14.8 Å². The van der Waals surface area contributed by atoms with Gasteiger partial charge in [-0.2, -0.15) is 0 Å². The van der Waals surface area contributed by atoms with E-state index in [0.29, 0.717) is 32.0 Å². The Kier molecular flexibility index (Phi) is 9.06. The predicted molar refractivity (Wildman–Crippen MR) is 140 cm³/mol. The Hall–Kier alpha value is -2.82. The summed E-state index contributed by atoms with van der Waals surface area (Å²) in [5, 5.41) is 15.6. The van der Waals surface area contributed by atoms with E-state index in [1.807, 2.05) is 6.92 Å². The Morgan fingerprint density at radius 2 is 2.08 bits per heavy atom. The van der Waals surface area contributed by atoms with Gasteiger partial charge in [-0.3, -0.25) is 10.1 Å². The summed E-state index contributed by atoms with van der Waals surface area (Å²) in [5.41, 5.74) is 2.00. The molecule has 0 spiro atoms. The van der Waals surface area contributed by atoms with Crippen LogP contribution in [0.3, 0.4) is 0 Å². The molecule has 0 saturated heterocycles. The van der Waals surface area contributed by atoms with Crippen LogP contribution in [-0.4, -0.2) is 40.7 Å². The molecule has 0 unspecified atom stereocenters. The van der Waals surface area contributed by atoms with Crippen LogP contribution >= 0.6 is 22.9 Å². The number of anilines is 1. The minimum absolute atomic E-state index is 0.0920. The van der Waals surface area contributed by atoms with Crippen LogP contribution in [-0.2, 0) is 40.1 Å². The average Bonchev–Trinajstić information content (AvgIpc) is 3.24. The molecule has 1 aromatic carbocycles. The van der Waals surface area contributed by atoms with E-state index in [-0.39, 0.29) is 23.3 Å². The first kappa shape index (κ1) is 26.2. The number of ether oxygens (including phenoxy) is 2. The standard InChI is InChI=1S/C25H29ClN4O5S/c1-2-3-11-35-22(31)15-34-12-10-21-28-24(23-17-6-4-5-7-20(17)36-25(23)29-21)27-14-16-8-9-19(30(32)33)18(26)13-16/h8-9,13H,2-7,10-12,14-15H2,1H3,(H,27,28,29). The molecule has 0 fully saturated rings. The zero-order valence-electron chi connectivity index (χ0n) is 20.2. The highest BCUT2D eigenvalue weighted by Crippen LogP contribution is 2.39. The van der Waals surface area contributed by atoms with Crippen molar-refractivity contribution >= 4 is 50.6 Å². The van der Waals surface area contributed by atoms with Crippen LogP contribution in [0, 0.1) is 10.1 Å². The number of nitrogens with zero attached hydrogens (tertiary/aromatic N) is 3. The fraction of sp³-hybridized carbons (Fsp3) is 0.480. The third-order valence-electron chi connectivity index (χ3n) is 5.98. The van der Waals surface area contributed by atoms with Gasteiger partial charge in [0.2, 0.25) is 0 Å². The number of carbonyl (C=O) groups excluding carboxylic acids is 1. The Morgan fingerprint density at radius 1 is 1.25 bits per heavy atom. The number of nitro benzene ring substituents is 1. The Balaban J connectivity index is 1.48. The third kappa shape index (κ3) is 6.48. The number of fused-ring (bicyclic) bond motifs is 3. The molecule has 192 valence electrons. The number of carbonyl (C=O) groups is 1. The van der Waals surface area contributed by atoms with Gasteiger partial charge in [0.1, 0.15) is 28.1 Å². The first-order valence-corrected chi connectivity index (χ1v) is 13.4. The highest BCUT2D eigenvalue weighted by molar-refractivity contribution is 7.19. The molecule has 11 heteroatoms. The van der Waals surface area contributed by atoms with Crippen molar-refractivity contribution in [1.29, 1.82) is 0 Å². The van der Waals surface area contributed by atoms with E-state index in [0.717, 1.165) is 53.7 Å². The van der Waals surface area contributed by atoms with Crippen LogP contribution in [0.25, 0.3) is 10.2 Å². The quantitative estimate of drug-likeness (QED) is 0.138. The zero-order chi connectivity index (χ0) is 25.5. The van der Waals surface area contributed by atoms with Crippen LogP contribution in [0.1, 0.15) is 54.4 Å². The number of benzene rings is 1. The van der Waals surface area contributed by atoms with Crippen molar-refractivity contribution in [3.8, 4) is 0 Å². The van der Waals surface area contributed by atoms with Crippen LogP contribution in [0.15, 0.2) is 18.2 Å². The number of aryl methyl sites for hydroxylation is 2. The van der Waals surface area contributed by atoms with E-state index in [4.69, 9.17) is 31.0 Å². The summed E-state index contributed by atoms with van der Waals surface area (Å²) in [4.78, 5) is 34.2. The van der Waals surface area contributed by atoms with Gasteiger partial charge in [-0.25, -0.2) is 14.8 Å². The molecule has 2 aromatic heterocycles. The van der Waals surface area contributed by atoms with Gasteiger partial charge in [-0.1, -0.05) is 31.0 Å². The van der Waals surface area contributed by atoms with Crippen molar-refractivity contribution in [2.75, 3.05) is 25.1 Å². The minimum atomic E-state index is -0.496. The molecule has 0 amide bonds. The van der Waals surface area contributed by atoms with Gasteiger partial charge in [0.25, 0.3) is 5.69 Å². The van der Waals surface area contributed by atoms with E-state index in [1.54, 1.807) is 23.5 Å². The molecule has 9 nitrogen and oxygen atoms in total. The van der Waals surface area contributed by atoms with E-state index in [2.05, 4.69) is 5.32 Å². The van der Waals surface area contributed by atoms with Crippen LogP contribution in [0.4, 0.5) is 11.5 Å². The number of aromatic nitrogens is 2. The van der Waals surface area contributed by atoms with E-state index < -0.39 is 4.92 Å². The van der Waals surface area contributed by atoms with Crippen molar-refractivity contribution in [1.82, 2.24) is 9.97 Å². The summed E-state index contributed by atoms with van der Waals surface area (Å²) in [6.07, 6.45) is 6.62. The van der Waals surface area contributed by atoms with Crippen molar-refractivity contribution < 1.29 is 19.2 Å². The number of nitrogens with one attached hydrogen (secondary N) is 1. The minimum Gasteiger partial charge on any atom is -0.464 e. The molecular formula is C25H29ClN4O5S. The number of nitro groups is 1. The van der Waals surface area contributed by atoms with Gasteiger partial charge in [0, 0.05) is 23.9 Å². The maximum absolute atomic E-state index is 11.7. The van der Waals surface area contributed by atoms with Gasteiger partial charge in [0.15, 0.2) is 0 Å². The summed E-state index contributed by atoms with van der Waals surface area (Å²) in [6, 6.07) is 4.70. The lowest BCUT2D eigenvalue weighted by atomic mass is 9.97. The third-order valence-corrected chi connectivity index (χ3v) is 7.47. The van der Waals surface area contributed by atoms with Crippen molar-refractivity contribution in [2.45, 2.75) is 58.4 Å². The molecule has 1 aliphatic carbocycles. The first-order chi connectivity index (χ1) is 17.5. The maximum Gasteiger partial charge on any atom is 0.332 e. The molecule has 0 radical (unpaired) electrons. The SMILES string of the molecule is CCCCOC(=O)COCCc1nc(NCc2ccc([N+](=O)[O-])c(Cl)c2)c2c3c(sc2n1)CCCC3. The summed E-state index contributed by atoms with van der Waals surface area (Å²) in [7, 11) is 0. The van der Waals surface area contributed by atoms with Crippen molar-refractivity contribution in [3.05, 3.63) is 55.2 Å². The van der Waals surface area contributed by atoms with Gasteiger partial charge in [-0.15, -0.1) is 11.3 Å². The molecule has 36 heavy (non-hydrogen) atoms. The molecule has 0 atom stereocenters. The Morgan fingerprint density at radius 3 is 2.86 bits per heavy atom. The van der Waals surface area contributed by atoms with E-state index in [1.165, 1.54) is 22.9 Å². The molecule has 3 aromatic rings. The van der Waals surface area contributed by atoms with Gasteiger partial charge in [-0.05, 0) is 49.3 Å². The predicted octanol–water partition coefficient (Wildman–Crippen LogP) is 5.65. The lowest BCUT2D eigenvalue weighted by molar-refractivity contribution is -0.384. The lowest BCUT2D eigenvalue weighted by Gasteiger charge is -2.14. The molecule has 1 aliphatic rings. The van der Waals surface area contributed by atoms with Crippen molar-refractivity contribution in [3.63, 3.8) is 0 Å². The summed E-state index contributed by atoms with van der Waals surface area (Å²) >= 11 is 7.80. The average molecular weight is 533 g/mol. The second-order valence-electron chi connectivity index (χ2n) is 8.65. The largest absolute Gasteiger partial charge is 0.464 e. The molecule has 1 N–H and O–H groups in total. The topological polar surface area (TPSA) is 116 Å². The summed E-state index contributed by atoms with van der Waals surface area (Å²) in [6.45, 7) is 3.07. The summed E-state index contributed by atoms with van der Waals surface area (Å²) < 4.78 is 10.6. The molecule has 4 rings (SSSR count). The maximum atomic E-state index is 11.7. The van der Waals surface area contributed by atoms with E-state index in [9.17, 15) is 14.9 Å². The monoisotopic (exact) mass is 532 g/mol. The highest BCUT2D eigenvalue weighted by atomic mass is 35.5. The molecule has 0 aliphatic heterocycles. The number of thiophene rings is 1. The highest BCUT2D eigenvalue weighted by Gasteiger charge is 2.21. The van der Waals surface area contributed by atoms with Crippen molar-refractivity contribution in [2.24, 2.45) is 0 Å². The van der Waals surface area contributed by atoms with E-state index >= 15 is 0 Å². The fourth-order valence-electron chi connectivity index (χ4n) is 4.13. The number of esters is 1. The number of hydrogen-bond donors (Lipinski definition) is 1. The van der Waals surface area contributed by atoms with Crippen LogP contribution < -0.4 is 5.32 Å². The molecule has 0 bridgehead atoms. The first-order valence-electron chi connectivity index (χ1n) is 12.2. The molecular weight excluding hydrogens is 504 g/mol. The Bertz CT molecular complexity index is 1250. The smallest absolute Gasteiger partial charge is 0.332 e. The lowest BCUT2D eigenvalue weighted by Crippen LogP contribution is -2.15. The van der Waals surface area contributed by atoms with Gasteiger partial charge in [0.05, 0.1) is 23.5 Å². The fourth-order valence-corrected chi connectivity index (χ4v) is 5.68. The van der Waals surface area contributed by atoms with Gasteiger partial charge >= 0.3 is 5.97 Å². The van der Waals surface area contributed by atoms with Crippen LogP contribution in [0.2, 0.25) is 5.02 Å². The Labute approximate surface area is 218 Å². The number of unbranched alkanes of at least 4 members (excludes halogenated alkanes) is 1. The molecule has 2 heterocycles. The summed E-state index contributed by atoms with van der Waals surface area (Å²) in [5.74, 6) is 1.00. The number of rotatable bonds is 12. The molecule has 0 saturated carbocycles. The van der Waals surface area contributed by atoms with Crippen LogP contribution in [0.5, 0.6) is 0 Å². The second kappa shape index (κ2) is 12.4. The number of hydrogen-bond acceptors (Lipinski definition) is 9. The second-order valence-corrected chi connectivity index (χ2v) is 10.1. The number of halogens is 1.